The van der Waals surface area contributed by atoms with Crippen LogP contribution in [0.25, 0.3) is 0 Å². The Bertz CT molecular complexity index is 898. The van der Waals surface area contributed by atoms with E-state index in [4.69, 9.17) is 4.74 Å². The molecule has 188 valence electrons. The number of carbonyl (C=O) groups excluding carboxylic acids is 2. The molecule has 1 aliphatic heterocycles. The average Bonchev–Trinajstić information content (AvgIpc) is 3.32. The van der Waals surface area contributed by atoms with Gasteiger partial charge in [0.05, 0.1) is 11.7 Å². The molecule has 5 aliphatic rings. The van der Waals surface area contributed by atoms with Crippen molar-refractivity contribution in [1.29, 1.82) is 0 Å². The van der Waals surface area contributed by atoms with Crippen LogP contribution in [0.15, 0.2) is 11.6 Å². The molecule has 0 aromatic rings. The van der Waals surface area contributed by atoms with Crippen LogP contribution in [0, 0.1) is 28.6 Å². The first kappa shape index (κ1) is 33.2. The van der Waals surface area contributed by atoms with Gasteiger partial charge in [-0.05, 0) is 57.4 Å². The van der Waals surface area contributed by atoms with E-state index in [2.05, 4.69) is 13.8 Å². The van der Waals surface area contributed by atoms with Gasteiger partial charge in [0, 0.05) is 35.5 Å². The van der Waals surface area contributed by atoms with Crippen LogP contribution in [0.2, 0.25) is 0 Å². The number of ether oxygens (including phenoxy) is 1. The zero-order chi connectivity index (χ0) is 21.7. The largest absolute Gasteiger partial charge is 1.00 e. The smallest absolute Gasteiger partial charge is 0.481 e. The summed E-state index contributed by atoms with van der Waals surface area (Å²) in [6.07, 6.45) is 5.81. The number of Topliss-reactive ketones (excluding diaryl/α,β-unsaturated/α-hetero) is 1. The van der Waals surface area contributed by atoms with Crippen LogP contribution >= 0.6 is 40.5 Å². The fourth-order valence-electron chi connectivity index (χ4n) is 8.24. The summed E-state index contributed by atoms with van der Waals surface area (Å²) < 4.78 is 6.55. The zero-order valence-electron chi connectivity index (χ0n) is 20.6. The summed E-state index contributed by atoms with van der Waals surface area (Å²) in [5.41, 5.74) is -1.12. The number of hydrogen-bond acceptors (Lipinski definition) is 5. The van der Waals surface area contributed by atoms with Crippen molar-refractivity contribution in [3.8, 4) is 0 Å². The van der Waals surface area contributed by atoms with Gasteiger partial charge in [0.1, 0.15) is 11.4 Å². The number of carbonyl (C=O) groups is 3. The third-order valence-electron chi connectivity index (χ3n) is 9.97. The predicted molar refractivity (Wildman–Crippen MR) is 139 cm³/mol. The van der Waals surface area contributed by atoms with Gasteiger partial charge in [0.2, 0.25) is 0 Å². The fourth-order valence-corrected chi connectivity index (χ4v) is 8.24. The molecule has 8 atom stereocenters. The van der Waals surface area contributed by atoms with E-state index >= 15 is 0 Å². The molecule has 0 amide bonds. The normalized spacial score (nSPS) is 45.2. The van der Waals surface area contributed by atoms with Gasteiger partial charge in [-0.15, -0.1) is 0 Å². The van der Waals surface area contributed by atoms with Crippen molar-refractivity contribution >= 4 is 58.0 Å². The number of carboxylic acid groups (broad SMARTS) is 1. The monoisotopic (exact) mass is 557 g/mol. The molecule has 6 nitrogen and oxygen atoms in total. The number of aliphatic hydroxyl groups is 1. The second kappa shape index (κ2) is 10.7. The van der Waals surface area contributed by atoms with Crippen LogP contribution in [0.1, 0.15) is 72.1 Å². The van der Waals surface area contributed by atoms with E-state index in [-0.39, 0.29) is 146 Å². The van der Waals surface area contributed by atoms with E-state index < -0.39 is 22.6 Å². The maximum atomic E-state index is 12.8. The van der Waals surface area contributed by atoms with Crippen molar-refractivity contribution in [2.75, 3.05) is 0 Å². The maximum Gasteiger partial charge on any atom is 1.00 e. The third-order valence-corrected chi connectivity index (χ3v) is 9.97. The zero-order valence-corrected chi connectivity index (χ0v) is 26.7. The summed E-state index contributed by atoms with van der Waals surface area (Å²) >= 11 is 0. The molecular weight excluding hydrogens is 520 g/mol. The standard InChI is InChI=1S/C24H32O6.K.3H2S/c1-13(25)16-11-14-10-15(26)4-7-21(14,2)24-18(30-24)12-22(3)17(20(16)24)5-8-23(22,29)9-6-19(27)28;;;;/h10,16-18,20,29H,4-9,11-12H2,1-3H3,(H,27,28);;3*1H2/q;+1;;;/t16-,17-,18?,20-,21-,22-,23+,24+;;;;/m0..../s1. The van der Waals surface area contributed by atoms with Crippen LogP contribution in [-0.4, -0.2) is 45.1 Å². The Morgan fingerprint density at radius 2 is 1.82 bits per heavy atom. The van der Waals surface area contributed by atoms with E-state index in [9.17, 15) is 24.6 Å². The van der Waals surface area contributed by atoms with Crippen molar-refractivity contribution in [3.63, 3.8) is 0 Å². The van der Waals surface area contributed by atoms with Crippen molar-refractivity contribution in [2.45, 2.75) is 89.4 Å². The number of epoxide rings is 1. The molecule has 0 aromatic carbocycles. The minimum Gasteiger partial charge on any atom is -0.481 e. The van der Waals surface area contributed by atoms with Crippen molar-refractivity contribution in [1.82, 2.24) is 0 Å². The molecule has 10 heteroatoms. The van der Waals surface area contributed by atoms with Crippen LogP contribution in [-0.2, 0) is 19.1 Å². The number of hydrogen-bond donors (Lipinski definition) is 2. The SMILES string of the molecule is CC(=O)[C@@H]1CC2=CC(=O)CC[C@]2(C)[C@@]23OC2C[C@@]2(C)[C@@H](CC[C@@]2(O)CCC(=O)O)[C@H]13.S.S.S.[K+]. The van der Waals surface area contributed by atoms with Gasteiger partial charge in [0.15, 0.2) is 5.78 Å². The molecule has 4 fully saturated rings. The van der Waals surface area contributed by atoms with Crippen molar-refractivity contribution in [3.05, 3.63) is 11.6 Å². The molecule has 0 radical (unpaired) electrons. The van der Waals surface area contributed by atoms with E-state index in [1.54, 1.807) is 13.0 Å². The van der Waals surface area contributed by atoms with Gasteiger partial charge in [-0.25, -0.2) is 0 Å². The number of aliphatic carboxylic acids is 1. The molecule has 0 aromatic heterocycles. The van der Waals surface area contributed by atoms with Gasteiger partial charge in [-0.3, -0.25) is 14.4 Å². The van der Waals surface area contributed by atoms with Crippen LogP contribution in [0.5, 0.6) is 0 Å². The van der Waals surface area contributed by atoms with Crippen LogP contribution < -0.4 is 51.4 Å². The first-order valence-electron chi connectivity index (χ1n) is 11.3. The minimum atomic E-state index is -1.05. The molecule has 1 spiro atoms. The second-order valence-electron chi connectivity index (χ2n) is 11.0. The summed E-state index contributed by atoms with van der Waals surface area (Å²) in [7, 11) is 0. The van der Waals surface area contributed by atoms with E-state index in [0.29, 0.717) is 25.7 Å². The summed E-state index contributed by atoms with van der Waals surface area (Å²) in [6, 6.07) is 0. The van der Waals surface area contributed by atoms with Crippen LogP contribution in [0.3, 0.4) is 0 Å². The summed E-state index contributed by atoms with van der Waals surface area (Å²) in [4.78, 5) is 36.2. The number of ketones is 2. The summed E-state index contributed by atoms with van der Waals surface area (Å²) in [6.45, 7) is 5.94. The van der Waals surface area contributed by atoms with Gasteiger partial charge in [0.25, 0.3) is 0 Å². The topological polar surface area (TPSA) is 104 Å². The first-order valence-corrected chi connectivity index (χ1v) is 11.3. The molecule has 34 heavy (non-hydrogen) atoms. The molecular formula is C24H38KO6S3+. The Morgan fingerprint density at radius 1 is 1.18 bits per heavy atom. The average molecular weight is 558 g/mol. The van der Waals surface area contributed by atoms with E-state index in [1.165, 1.54) is 0 Å². The number of carboxylic acids is 1. The number of rotatable bonds is 4. The Balaban J connectivity index is 0.00000144. The van der Waals surface area contributed by atoms with E-state index in [0.717, 1.165) is 18.4 Å². The van der Waals surface area contributed by atoms with Gasteiger partial charge in [-0.1, -0.05) is 19.4 Å². The molecule has 1 saturated heterocycles. The third kappa shape index (κ3) is 4.31. The van der Waals surface area contributed by atoms with Gasteiger partial charge >= 0.3 is 57.4 Å². The number of fused-ring (bicyclic) bond motifs is 3. The van der Waals surface area contributed by atoms with Gasteiger partial charge < -0.3 is 14.9 Å². The predicted octanol–water partition coefficient (Wildman–Crippen LogP) is 0.403. The molecule has 3 saturated carbocycles. The maximum absolute atomic E-state index is 12.8. The van der Waals surface area contributed by atoms with E-state index in [1.807, 2.05) is 0 Å². The molecule has 1 heterocycles. The molecule has 0 bridgehead atoms. The fraction of sp³-hybridized carbons (Fsp3) is 0.792. The Morgan fingerprint density at radius 3 is 2.41 bits per heavy atom. The van der Waals surface area contributed by atoms with Crippen molar-refractivity contribution in [2.24, 2.45) is 28.6 Å². The molecule has 5 rings (SSSR count). The minimum absolute atomic E-state index is 0. The molecule has 1 unspecified atom stereocenters. The molecule has 2 N–H and O–H groups in total. The van der Waals surface area contributed by atoms with Crippen LogP contribution in [0.4, 0.5) is 0 Å². The van der Waals surface area contributed by atoms with Gasteiger partial charge in [-0.2, -0.15) is 40.5 Å². The first-order chi connectivity index (χ1) is 14.0. The molecule has 4 aliphatic carbocycles. The van der Waals surface area contributed by atoms with Crippen molar-refractivity contribution < 1.29 is 80.7 Å². The Kier molecular flexibility index (Phi) is 10.5. The Labute approximate surface area is 265 Å². The Hall–Kier alpha value is 1.16. The quantitative estimate of drug-likeness (QED) is 0.383. The summed E-state index contributed by atoms with van der Waals surface area (Å²) in [5.74, 6) is -0.725. The summed E-state index contributed by atoms with van der Waals surface area (Å²) in [5, 5.41) is 20.8. The second-order valence-corrected chi connectivity index (χ2v) is 11.0.